The van der Waals surface area contributed by atoms with E-state index in [0.717, 1.165) is 30.6 Å². The molecule has 152 valence electrons. The van der Waals surface area contributed by atoms with Gasteiger partial charge in [-0.15, -0.1) is 0 Å². The first-order valence-electron chi connectivity index (χ1n) is 10.9. The van der Waals surface area contributed by atoms with Gasteiger partial charge in [-0.3, -0.25) is 14.7 Å². The highest BCUT2D eigenvalue weighted by molar-refractivity contribution is 5.95. The van der Waals surface area contributed by atoms with Crippen LogP contribution in [0.3, 0.4) is 0 Å². The number of carbonyl (C=O) groups is 1. The number of nitrogens with one attached hydrogen (secondary N) is 1. The summed E-state index contributed by atoms with van der Waals surface area (Å²) in [6.45, 7) is 2.27. The summed E-state index contributed by atoms with van der Waals surface area (Å²) in [6, 6.07) is 22.9. The number of hydrogen-bond acceptors (Lipinski definition) is 3. The maximum Gasteiger partial charge on any atom is 0.251 e. The normalized spacial score (nSPS) is 25.1. The lowest BCUT2D eigenvalue weighted by Gasteiger charge is -2.51. The molecule has 6 rings (SSSR count). The van der Waals surface area contributed by atoms with Crippen LogP contribution in [0, 0.1) is 5.92 Å². The van der Waals surface area contributed by atoms with Crippen LogP contribution in [-0.2, 0) is 6.42 Å². The smallest absolute Gasteiger partial charge is 0.251 e. The van der Waals surface area contributed by atoms with Gasteiger partial charge in [0.05, 0.1) is 0 Å². The number of fused-ring (bicyclic) bond motifs is 3. The monoisotopic (exact) mass is 397 g/mol. The number of carbonyl (C=O) groups excluding carboxylic acids is 1. The SMILES string of the molecule is O=C(N[C@H]1C2CCN(CC2)[C@H]1Cc1cccnc1)c1ccc(-c2ccccc2)cc1. The zero-order valence-electron chi connectivity index (χ0n) is 17.1. The van der Waals surface area contributed by atoms with Crippen LogP contribution in [0.1, 0.15) is 28.8 Å². The lowest BCUT2D eigenvalue weighted by Crippen LogP contribution is -2.64. The molecular formula is C26H27N3O. The highest BCUT2D eigenvalue weighted by atomic mass is 16.1. The van der Waals surface area contributed by atoms with Crippen molar-refractivity contribution in [1.29, 1.82) is 0 Å². The number of aromatic nitrogens is 1. The van der Waals surface area contributed by atoms with Crippen LogP contribution in [-0.4, -0.2) is 41.0 Å². The van der Waals surface area contributed by atoms with Gasteiger partial charge in [0.25, 0.3) is 5.91 Å². The maximum absolute atomic E-state index is 13.1. The Labute approximate surface area is 178 Å². The second kappa shape index (κ2) is 8.41. The van der Waals surface area contributed by atoms with Crippen LogP contribution < -0.4 is 5.32 Å². The van der Waals surface area contributed by atoms with E-state index < -0.39 is 0 Å². The van der Waals surface area contributed by atoms with Crippen LogP contribution in [0.5, 0.6) is 0 Å². The predicted octanol–water partition coefficient (Wildman–Crippen LogP) is 4.18. The van der Waals surface area contributed by atoms with Gasteiger partial charge in [0, 0.05) is 30.0 Å². The van der Waals surface area contributed by atoms with Crippen LogP contribution in [0.25, 0.3) is 11.1 Å². The molecule has 4 heteroatoms. The molecule has 0 spiro atoms. The van der Waals surface area contributed by atoms with E-state index in [0.29, 0.717) is 12.0 Å². The molecular weight excluding hydrogens is 370 g/mol. The van der Waals surface area contributed by atoms with E-state index in [1.807, 2.05) is 60.9 Å². The summed E-state index contributed by atoms with van der Waals surface area (Å²) < 4.78 is 0. The largest absolute Gasteiger partial charge is 0.347 e. The highest BCUT2D eigenvalue weighted by Crippen LogP contribution is 2.34. The summed E-state index contributed by atoms with van der Waals surface area (Å²) in [7, 11) is 0. The van der Waals surface area contributed by atoms with E-state index in [-0.39, 0.29) is 11.9 Å². The van der Waals surface area contributed by atoms with E-state index in [9.17, 15) is 4.79 Å². The van der Waals surface area contributed by atoms with Gasteiger partial charge in [-0.1, -0.05) is 48.5 Å². The van der Waals surface area contributed by atoms with Gasteiger partial charge < -0.3 is 5.32 Å². The zero-order valence-corrected chi connectivity index (χ0v) is 17.1. The van der Waals surface area contributed by atoms with Gasteiger partial charge in [-0.05, 0) is 73.2 Å². The standard InChI is InChI=1S/C26H27N3O/c30-26(23-10-8-21(9-11-23)20-6-2-1-3-7-20)28-25-22-12-15-29(16-13-22)24(25)17-19-5-4-14-27-18-19/h1-11,14,18,22,24-25H,12-13,15-17H2,(H,28,30)/t24-,25-/m0/s1. The van der Waals surface area contributed by atoms with Crippen molar-refractivity contribution in [2.24, 2.45) is 5.92 Å². The van der Waals surface area contributed by atoms with E-state index in [1.165, 1.54) is 24.0 Å². The first kappa shape index (κ1) is 19.0. The molecule has 1 amide bonds. The summed E-state index contributed by atoms with van der Waals surface area (Å²) >= 11 is 0. The number of benzene rings is 2. The lowest BCUT2D eigenvalue weighted by atomic mass is 9.76. The third kappa shape index (κ3) is 3.88. The van der Waals surface area contributed by atoms with Gasteiger partial charge in [0.1, 0.15) is 0 Å². The summed E-state index contributed by atoms with van der Waals surface area (Å²) in [5, 5.41) is 3.40. The molecule has 3 fully saturated rings. The van der Waals surface area contributed by atoms with Crippen molar-refractivity contribution in [2.75, 3.05) is 13.1 Å². The van der Waals surface area contributed by atoms with Crippen molar-refractivity contribution in [1.82, 2.24) is 15.2 Å². The summed E-state index contributed by atoms with van der Waals surface area (Å²) in [4.78, 5) is 19.9. The molecule has 0 radical (unpaired) electrons. The molecule has 4 heterocycles. The number of hydrogen-bond donors (Lipinski definition) is 1. The Bertz CT molecular complexity index is 980. The van der Waals surface area contributed by atoms with Crippen molar-refractivity contribution in [3.8, 4) is 11.1 Å². The minimum absolute atomic E-state index is 0.0320. The Morgan fingerprint density at radius 1 is 0.933 bits per heavy atom. The predicted molar refractivity (Wildman–Crippen MR) is 119 cm³/mol. The second-order valence-corrected chi connectivity index (χ2v) is 8.45. The first-order valence-corrected chi connectivity index (χ1v) is 10.9. The molecule has 4 nitrogen and oxygen atoms in total. The summed E-state index contributed by atoms with van der Waals surface area (Å²) in [6.07, 6.45) is 7.03. The van der Waals surface area contributed by atoms with Gasteiger partial charge >= 0.3 is 0 Å². The van der Waals surface area contributed by atoms with Crippen LogP contribution in [0.4, 0.5) is 0 Å². The quantitative estimate of drug-likeness (QED) is 0.702. The maximum atomic E-state index is 13.1. The number of nitrogens with zero attached hydrogens (tertiary/aromatic N) is 2. The van der Waals surface area contributed by atoms with Gasteiger partial charge in [-0.2, -0.15) is 0 Å². The minimum Gasteiger partial charge on any atom is -0.347 e. The van der Waals surface area contributed by atoms with Crippen molar-refractivity contribution in [3.05, 3.63) is 90.3 Å². The van der Waals surface area contributed by atoms with E-state index in [1.54, 1.807) is 0 Å². The van der Waals surface area contributed by atoms with Crippen LogP contribution in [0.15, 0.2) is 79.1 Å². The Morgan fingerprint density at radius 2 is 1.67 bits per heavy atom. The Hall–Kier alpha value is -2.98. The number of pyridine rings is 1. The molecule has 3 aliphatic rings. The van der Waals surface area contributed by atoms with Crippen molar-refractivity contribution in [2.45, 2.75) is 31.3 Å². The van der Waals surface area contributed by atoms with Gasteiger partial charge in [-0.25, -0.2) is 0 Å². The Kier molecular flexibility index (Phi) is 5.33. The van der Waals surface area contributed by atoms with E-state index in [4.69, 9.17) is 0 Å². The molecule has 2 bridgehead atoms. The fourth-order valence-electron chi connectivity index (χ4n) is 5.06. The Balaban J connectivity index is 1.32. The zero-order chi connectivity index (χ0) is 20.3. The number of rotatable bonds is 5. The average Bonchev–Trinajstić information content (AvgIpc) is 2.82. The van der Waals surface area contributed by atoms with E-state index >= 15 is 0 Å². The van der Waals surface area contributed by atoms with Crippen LogP contribution in [0.2, 0.25) is 0 Å². The fourth-order valence-corrected chi connectivity index (χ4v) is 5.06. The molecule has 3 aromatic rings. The lowest BCUT2D eigenvalue weighted by molar-refractivity contribution is 0.0136. The topological polar surface area (TPSA) is 45.2 Å². The molecule has 0 aliphatic carbocycles. The molecule has 3 aliphatic heterocycles. The molecule has 30 heavy (non-hydrogen) atoms. The molecule has 2 atom stereocenters. The third-order valence-electron chi connectivity index (χ3n) is 6.69. The van der Waals surface area contributed by atoms with Gasteiger partial charge in [0.2, 0.25) is 0 Å². The van der Waals surface area contributed by atoms with Crippen molar-refractivity contribution in [3.63, 3.8) is 0 Å². The molecule has 0 unspecified atom stereocenters. The van der Waals surface area contributed by atoms with E-state index in [2.05, 4.69) is 33.4 Å². The molecule has 1 N–H and O–H groups in total. The fraction of sp³-hybridized carbons (Fsp3) is 0.308. The number of amides is 1. The van der Waals surface area contributed by atoms with Crippen molar-refractivity contribution >= 4 is 5.91 Å². The summed E-state index contributed by atoms with van der Waals surface area (Å²) in [5.41, 5.74) is 4.26. The molecule has 2 aromatic carbocycles. The van der Waals surface area contributed by atoms with Crippen LogP contribution >= 0.6 is 0 Å². The second-order valence-electron chi connectivity index (χ2n) is 8.45. The Morgan fingerprint density at radius 3 is 2.37 bits per heavy atom. The average molecular weight is 398 g/mol. The number of piperidine rings is 3. The molecule has 1 aromatic heterocycles. The molecule has 0 saturated carbocycles. The molecule has 3 saturated heterocycles. The third-order valence-corrected chi connectivity index (χ3v) is 6.69. The first-order chi connectivity index (χ1) is 14.8. The minimum atomic E-state index is 0.0320. The summed E-state index contributed by atoms with van der Waals surface area (Å²) in [5.74, 6) is 0.591. The highest BCUT2D eigenvalue weighted by Gasteiger charge is 2.42. The van der Waals surface area contributed by atoms with Crippen molar-refractivity contribution < 1.29 is 4.79 Å². The van der Waals surface area contributed by atoms with Gasteiger partial charge in [0.15, 0.2) is 0 Å².